The van der Waals surface area contributed by atoms with Crippen molar-refractivity contribution in [3.8, 4) is 0 Å². The average molecular weight is 250 g/mol. The summed E-state index contributed by atoms with van der Waals surface area (Å²) in [5, 5.41) is 3.31. The molecule has 0 saturated heterocycles. The zero-order chi connectivity index (χ0) is 7.68. The highest BCUT2D eigenvalue weighted by molar-refractivity contribution is 9.10. The molecule has 0 atom stereocenters. The average Bonchev–Trinajstić information content (AvgIpc) is 2.04. The predicted molar refractivity (Wildman–Crippen MR) is 54.6 cm³/mol. The van der Waals surface area contributed by atoms with Gasteiger partial charge in [-0.15, -0.1) is 12.4 Å². The lowest BCUT2D eigenvalue weighted by Gasteiger charge is -2.15. The molecular formula is C8H10BrClN2. The molecule has 1 aliphatic heterocycles. The van der Waals surface area contributed by atoms with Gasteiger partial charge in [0, 0.05) is 25.2 Å². The fourth-order valence-electron chi connectivity index (χ4n) is 1.31. The van der Waals surface area contributed by atoms with E-state index in [0.29, 0.717) is 0 Å². The number of halogens is 2. The van der Waals surface area contributed by atoms with Crippen molar-refractivity contribution in [3.05, 3.63) is 28.0 Å². The van der Waals surface area contributed by atoms with Crippen molar-refractivity contribution in [3.63, 3.8) is 0 Å². The number of nitrogens with zero attached hydrogens (tertiary/aromatic N) is 1. The molecule has 2 heterocycles. The molecule has 0 unspecified atom stereocenters. The van der Waals surface area contributed by atoms with Crippen molar-refractivity contribution >= 4 is 28.3 Å². The van der Waals surface area contributed by atoms with E-state index < -0.39 is 0 Å². The van der Waals surface area contributed by atoms with Crippen LogP contribution < -0.4 is 5.32 Å². The van der Waals surface area contributed by atoms with Crippen molar-refractivity contribution in [1.82, 2.24) is 10.3 Å². The zero-order valence-electron chi connectivity index (χ0n) is 6.51. The maximum absolute atomic E-state index is 4.39. The summed E-state index contributed by atoms with van der Waals surface area (Å²) in [4.78, 5) is 4.39. The van der Waals surface area contributed by atoms with Crippen molar-refractivity contribution in [2.24, 2.45) is 0 Å². The van der Waals surface area contributed by atoms with Crippen LogP contribution in [0.2, 0.25) is 0 Å². The fraction of sp³-hybridized carbons (Fsp3) is 0.375. The van der Waals surface area contributed by atoms with Crippen LogP contribution in [-0.4, -0.2) is 11.5 Å². The van der Waals surface area contributed by atoms with Crippen molar-refractivity contribution in [2.45, 2.75) is 13.0 Å². The molecule has 0 fully saturated rings. The van der Waals surface area contributed by atoms with Crippen molar-refractivity contribution in [2.75, 3.05) is 6.54 Å². The summed E-state index contributed by atoms with van der Waals surface area (Å²) in [5.41, 5.74) is 2.57. The molecule has 0 aromatic carbocycles. The lowest BCUT2D eigenvalue weighted by Crippen LogP contribution is -2.24. The molecule has 4 heteroatoms. The molecule has 1 aromatic heterocycles. The largest absolute Gasteiger partial charge is 0.312 e. The lowest BCUT2D eigenvalue weighted by molar-refractivity contribution is 0.629. The summed E-state index contributed by atoms with van der Waals surface area (Å²) in [6.45, 7) is 2.02. The Labute approximate surface area is 86.3 Å². The van der Waals surface area contributed by atoms with Crippen molar-refractivity contribution < 1.29 is 0 Å². The molecule has 0 radical (unpaired) electrons. The first-order valence-electron chi connectivity index (χ1n) is 3.71. The third-order valence-corrected chi connectivity index (χ3v) is 2.33. The molecule has 0 saturated carbocycles. The number of hydrogen-bond donors (Lipinski definition) is 1. The van der Waals surface area contributed by atoms with Crippen molar-refractivity contribution in [1.29, 1.82) is 0 Å². The fourth-order valence-corrected chi connectivity index (χ4v) is 1.66. The lowest BCUT2D eigenvalue weighted by atomic mass is 10.1. The number of nitrogens with one attached hydrogen (secondary N) is 1. The Bertz CT molecular complexity index is 278. The van der Waals surface area contributed by atoms with E-state index in [2.05, 4.69) is 32.3 Å². The molecule has 2 nitrogen and oxygen atoms in total. The number of rotatable bonds is 0. The first-order valence-corrected chi connectivity index (χ1v) is 4.50. The van der Waals surface area contributed by atoms with Crippen LogP contribution >= 0.6 is 28.3 Å². The minimum absolute atomic E-state index is 0. The Hall–Kier alpha value is -0.120. The summed E-state index contributed by atoms with van der Waals surface area (Å²) < 4.78 is 0.943. The number of hydrogen-bond acceptors (Lipinski definition) is 2. The van der Waals surface area contributed by atoms with Crippen LogP contribution in [0.5, 0.6) is 0 Å². The van der Waals surface area contributed by atoms with E-state index in [1.807, 2.05) is 6.07 Å². The molecule has 0 aliphatic carbocycles. The van der Waals surface area contributed by atoms with E-state index in [1.165, 1.54) is 11.3 Å². The summed E-state index contributed by atoms with van der Waals surface area (Å²) in [6, 6.07) is 4.12. The molecule has 0 spiro atoms. The van der Waals surface area contributed by atoms with Gasteiger partial charge in [0.05, 0.1) is 0 Å². The molecule has 0 amide bonds. The number of aromatic nitrogens is 1. The highest BCUT2D eigenvalue weighted by atomic mass is 79.9. The normalized spacial score (nSPS) is 14.8. The topological polar surface area (TPSA) is 24.9 Å². The van der Waals surface area contributed by atoms with Crippen LogP contribution in [0.1, 0.15) is 11.3 Å². The van der Waals surface area contributed by atoms with E-state index in [4.69, 9.17) is 0 Å². The molecule has 0 bridgehead atoms. The number of pyridine rings is 1. The minimum Gasteiger partial charge on any atom is -0.312 e. The van der Waals surface area contributed by atoms with Gasteiger partial charge in [-0.25, -0.2) is 4.98 Å². The second kappa shape index (κ2) is 4.21. The third kappa shape index (κ3) is 1.97. The predicted octanol–water partition coefficient (Wildman–Crippen LogP) is 1.91. The van der Waals surface area contributed by atoms with Gasteiger partial charge in [0.25, 0.3) is 0 Å². The Morgan fingerprint density at radius 1 is 1.42 bits per heavy atom. The van der Waals surface area contributed by atoms with E-state index in [0.717, 1.165) is 24.1 Å². The SMILES string of the molecule is Brc1ccc2c(n1)CCNC2.Cl. The van der Waals surface area contributed by atoms with Crippen LogP contribution in [0, 0.1) is 0 Å². The van der Waals surface area contributed by atoms with Gasteiger partial charge < -0.3 is 5.32 Å². The highest BCUT2D eigenvalue weighted by Crippen LogP contribution is 2.14. The Morgan fingerprint density at radius 2 is 2.25 bits per heavy atom. The molecule has 1 N–H and O–H groups in total. The summed E-state index contributed by atoms with van der Waals surface area (Å²) in [5.74, 6) is 0. The molecular weight excluding hydrogens is 239 g/mol. The van der Waals surface area contributed by atoms with Gasteiger partial charge >= 0.3 is 0 Å². The highest BCUT2D eigenvalue weighted by Gasteiger charge is 2.08. The van der Waals surface area contributed by atoms with Crippen LogP contribution in [0.15, 0.2) is 16.7 Å². The van der Waals surface area contributed by atoms with Crippen LogP contribution in [0.4, 0.5) is 0 Å². The van der Waals surface area contributed by atoms with Crippen LogP contribution in [0.3, 0.4) is 0 Å². The van der Waals surface area contributed by atoms with E-state index in [1.54, 1.807) is 0 Å². The van der Waals surface area contributed by atoms with Gasteiger partial charge in [-0.05, 0) is 27.6 Å². The molecule has 1 aromatic rings. The van der Waals surface area contributed by atoms with Crippen LogP contribution in [-0.2, 0) is 13.0 Å². The first-order chi connectivity index (χ1) is 5.36. The van der Waals surface area contributed by atoms with E-state index in [-0.39, 0.29) is 12.4 Å². The Morgan fingerprint density at radius 3 is 3.08 bits per heavy atom. The monoisotopic (exact) mass is 248 g/mol. The van der Waals surface area contributed by atoms with Gasteiger partial charge in [0.2, 0.25) is 0 Å². The Kier molecular flexibility index (Phi) is 3.50. The van der Waals surface area contributed by atoms with Gasteiger partial charge in [-0.1, -0.05) is 6.07 Å². The minimum atomic E-state index is 0. The first kappa shape index (κ1) is 9.96. The second-order valence-corrected chi connectivity index (χ2v) is 3.48. The molecule has 12 heavy (non-hydrogen) atoms. The smallest absolute Gasteiger partial charge is 0.106 e. The molecule has 2 rings (SSSR count). The maximum atomic E-state index is 4.39. The van der Waals surface area contributed by atoms with E-state index >= 15 is 0 Å². The molecule has 66 valence electrons. The number of fused-ring (bicyclic) bond motifs is 1. The van der Waals surface area contributed by atoms with Gasteiger partial charge in [-0.2, -0.15) is 0 Å². The summed E-state index contributed by atoms with van der Waals surface area (Å²) in [7, 11) is 0. The summed E-state index contributed by atoms with van der Waals surface area (Å²) in [6.07, 6.45) is 1.05. The van der Waals surface area contributed by atoms with Crippen LogP contribution in [0.25, 0.3) is 0 Å². The van der Waals surface area contributed by atoms with E-state index in [9.17, 15) is 0 Å². The Balaban J connectivity index is 0.000000720. The third-order valence-electron chi connectivity index (χ3n) is 1.89. The van der Waals surface area contributed by atoms with Gasteiger partial charge in [0.15, 0.2) is 0 Å². The summed E-state index contributed by atoms with van der Waals surface area (Å²) >= 11 is 3.36. The molecule has 1 aliphatic rings. The van der Waals surface area contributed by atoms with Gasteiger partial charge in [0.1, 0.15) is 4.60 Å². The maximum Gasteiger partial charge on any atom is 0.106 e. The standard InChI is InChI=1S/C8H9BrN2.ClH/c9-8-2-1-6-5-10-4-3-7(6)11-8;/h1-2,10H,3-5H2;1H. The zero-order valence-corrected chi connectivity index (χ0v) is 8.91. The second-order valence-electron chi connectivity index (χ2n) is 2.67. The van der Waals surface area contributed by atoms with Gasteiger partial charge in [-0.3, -0.25) is 0 Å². The quantitative estimate of drug-likeness (QED) is 0.711.